The summed E-state index contributed by atoms with van der Waals surface area (Å²) in [4.78, 5) is 0. The second-order valence-corrected chi connectivity index (χ2v) is 5.51. The normalized spacial score (nSPS) is 26.8. The molecular formula is C16H23NO2. The number of rotatable bonds is 3. The predicted molar refractivity (Wildman–Crippen MR) is 75.6 cm³/mol. The maximum Gasteiger partial charge on any atom is 0.123 e. The molecule has 3 rings (SSSR count). The van der Waals surface area contributed by atoms with Crippen LogP contribution in [0.3, 0.4) is 0 Å². The molecule has 1 aliphatic heterocycles. The van der Waals surface area contributed by atoms with E-state index in [1.54, 1.807) is 0 Å². The van der Waals surface area contributed by atoms with E-state index in [1.165, 1.54) is 24.0 Å². The molecule has 1 aromatic carbocycles. The summed E-state index contributed by atoms with van der Waals surface area (Å²) in [6.07, 6.45) is 6.05. The Morgan fingerprint density at radius 3 is 3.00 bits per heavy atom. The van der Waals surface area contributed by atoms with Gasteiger partial charge < -0.3 is 14.8 Å². The Morgan fingerprint density at radius 1 is 1.26 bits per heavy atom. The van der Waals surface area contributed by atoms with Crippen LogP contribution in [0, 0.1) is 0 Å². The first-order valence-corrected chi connectivity index (χ1v) is 7.42. The Morgan fingerprint density at radius 2 is 2.21 bits per heavy atom. The lowest BCUT2D eigenvalue weighted by atomic mass is 9.87. The molecule has 1 aliphatic carbocycles. The van der Waals surface area contributed by atoms with Gasteiger partial charge in [-0.2, -0.15) is 0 Å². The SMILES string of the molecule is CNC1CCCc2c(OC3CCCOC3)cccc21. The molecule has 0 bridgehead atoms. The predicted octanol–water partition coefficient (Wildman–Crippen LogP) is 2.84. The van der Waals surface area contributed by atoms with Crippen molar-refractivity contribution in [3.05, 3.63) is 29.3 Å². The standard InChI is InChI=1S/C16H23NO2/c1-17-15-8-2-7-14-13(15)6-3-9-16(14)19-12-5-4-10-18-11-12/h3,6,9,12,15,17H,2,4-5,7-8,10-11H2,1H3. The Hall–Kier alpha value is -1.06. The molecule has 0 saturated carbocycles. The Labute approximate surface area is 115 Å². The lowest BCUT2D eigenvalue weighted by Gasteiger charge is -2.29. The van der Waals surface area contributed by atoms with E-state index in [-0.39, 0.29) is 6.10 Å². The van der Waals surface area contributed by atoms with Crippen molar-refractivity contribution in [2.75, 3.05) is 20.3 Å². The maximum absolute atomic E-state index is 6.19. The van der Waals surface area contributed by atoms with Crippen LogP contribution in [0.15, 0.2) is 18.2 Å². The molecule has 1 N–H and O–H groups in total. The quantitative estimate of drug-likeness (QED) is 0.907. The first-order chi connectivity index (χ1) is 9.38. The van der Waals surface area contributed by atoms with Crippen LogP contribution in [0.5, 0.6) is 5.75 Å². The van der Waals surface area contributed by atoms with Crippen molar-refractivity contribution in [1.82, 2.24) is 5.32 Å². The van der Waals surface area contributed by atoms with E-state index >= 15 is 0 Å². The number of fused-ring (bicyclic) bond motifs is 1. The summed E-state index contributed by atoms with van der Waals surface area (Å²) < 4.78 is 11.7. The summed E-state index contributed by atoms with van der Waals surface area (Å²) in [5.41, 5.74) is 2.82. The van der Waals surface area contributed by atoms with Crippen LogP contribution < -0.4 is 10.1 Å². The van der Waals surface area contributed by atoms with Gasteiger partial charge in [0.25, 0.3) is 0 Å². The zero-order valence-corrected chi connectivity index (χ0v) is 11.7. The van der Waals surface area contributed by atoms with Gasteiger partial charge in [0.15, 0.2) is 0 Å². The molecular weight excluding hydrogens is 238 g/mol. The smallest absolute Gasteiger partial charge is 0.123 e. The average Bonchev–Trinajstić information content (AvgIpc) is 2.48. The highest BCUT2D eigenvalue weighted by Crippen LogP contribution is 2.35. The Bertz CT molecular complexity index is 427. The van der Waals surface area contributed by atoms with Gasteiger partial charge >= 0.3 is 0 Å². The molecule has 104 valence electrons. The van der Waals surface area contributed by atoms with Crippen molar-refractivity contribution < 1.29 is 9.47 Å². The topological polar surface area (TPSA) is 30.5 Å². The maximum atomic E-state index is 6.19. The highest BCUT2D eigenvalue weighted by atomic mass is 16.5. The Kier molecular flexibility index (Phi) is 4.04. The summed E-state index contributed by atoms with van der Waals surface area (Å²) in [5.74, 6) is 1.08. The minimum Gasteiger partial charge on any atom is -0.488 e. The van der Waals surface area contributed by atoms with Crippen LogP contribution in [0.4, 0.5) is 0 Å². The van der Waals surface area contributed by atoms with Gasteiger partial charge in [-0.1, -0.05) is 12.1 Å². The summed E-state index contributed by atoms with van der Waals surface area (Å²) in [6.45, 7) is 1.62. The third kappa shape index (κ3) is 2.77. The molecule has 0 aromatic heterocycles. The average molecular weight is 261 g/mol. The van der Waals surface area contributed by atoms with Crippen LogP contribution in [0.2, 0.25) is 0 Å². The fourth-order valence-electron chi connectivity index (χ4n) is 3.21. The van der Waals surface area contributed by atoms with Crippen molar-refractivity contribution in [2.45, 2.75) is 44.2 Å². The fourth-order valence-corrected chi connectivity index (χ4v) is 3.21. The van der Waals surface area contributed by atoms with Crippen LogP contribution >= 0.6 is 0 Å². The molecule has 2 aliphatic rings. The van der Waals surface area contributed by atoms with Crippen LogP contribution in [-0.2, 0) is 11.2 Å². The number of hydrogen-bond donors (Lipinski definition) is 1. The zero-order chi connectivity index (χ0) is 13.1. The minimum absolute atomic E-state index is 0.232. The van der Waals surface area contributed by atoms with Crippen LogP contribution in [0.1, 0.15) is 42.9 Å². The summed E-state index contributed by atoms with van der Waals surface area (Å²) in [7, 11) is 2.04. The molecule has 0 radical (unpaired) electrons. The largest absolute Gasteiger partial charge is 0.488 e. The number of benzene rings is 1. The van der Waals surface area contributed by atoms with Gasteiger partial charge in [0.1, 0.15) is 11.9 Å². The molecule has 19 heavy (non-hydrogen) atoms. The number of ether oxygens (including phenoxy) is 2. The molecule has 0 spiro atoms. The van der Waals surface area contributed by atoms with Gasteiger partial charge in [0.05, 0.1) is 6.61 Å². The molecule has 1 heterocycles. The van der Waals surface area contributed by atoms with E-state index in [0.29, 0.717) is 6.04 Å². The molecule has 2 atom stereocenters. The highest BCUT2D eigenvalue weighted by Gasteiger charge is 2.23. The zero-order valence-electron chi connectivity index (χ0n) is 11.7. The lowest BCUT2D eigenvalue weighted by Crippen LogP contribution is -2.29. The van der Waals surface area contributed by atoms with Gasteiger partial charge in [0, 0.05) is 12.6 Å². The molecule has 1 saturated heterocycles. The highest BCUT2D eigenvalue weighted by molar-refractivity contribution is 5.43. The van der Waals surface area contributed by atoms with E-state index in [4.69, 9.17) is 9.47 Å². The number of nitrogens with one attached hydrogen (secondary N) is 1. The van der Waals surface area contributed by atoms with E-state index in [0.717, 1.165) is 38.2 Å². The minimum atomic E-state index is 0.232. The number of hydrogen-bond acceptors (Lipinski definition) is 3. The summed E-state index contributed by atoms with van der Waals surface area (Å²) in [6, 6.07) is 6.95. The summed E-state index contributed by atoms with van der Waals surface area (Å²) in [5, 5.41) is 3.41. The van der Waals surface area contributed by atoms with Gasteiger partial charge in [-0.15, -0.1) is 0 Å². The third-order valence-corrected chi connectivity index (χ3v) is 4.22. The third-order valence-electron chi connectivity index (χ3n) is 4.22. The van der Waals surface area contributed by atoms with Crippen molar-refractivity contribution >= 4 is 0 Å². The molecule has 2 unspecified atom stereocenters. The second kappa shape index (κ2) is 5.93. The van der Waals surface area contributed by atoms with Crippen molar-refractivity contribution in [1.29, 1.82) is 0 Å². The molecule has 3 heteroatoms. The van der Waals surface area contributed by atoms with E-state index < -0.39 is 0 Å². The van der Waals surface area contributed by atoms with Gasteiger partial charge in [-0.3, -0.25) is 0 Å². The van der Waals surface area contributed by atoms with Gasteiger partial charge in [-0.05, 0) is 56.3 Å². The lowest BCUT2D eigenvalue weighted by molar-refractivity contribution is 0.00692. The second-order valence-electron chi connectivity index (χ2n) is 5.51. The van der Waals surface area contributed by atoms with Gasteiger partial charge in [-0.25, -0.2) is 0 Å². The Balaban J connectivity index is 1.81. The van der Waals surface area contributed by atoms with Crippen molar-refractivity contribution in [2.24, 2.45) is 0 Å². The first-order valence-electron chi connectivity index (χ1n) is 7.42. The fraction of sp³-hybridized carbons (Fsp3) is 0.625. The van der Waals surface area contributed by atoms with Crippen molar-refractivity contribution in [3.63, 3.8) is 0 Å². The molecule has 1 aromatic rings. The van der Waals surface area contributed by atoms with Gasteiger partial charge in [0.2, 0.25) is 0 Å². The van der Waals surface area contributed by atoms with E-state index in [1.807, 2.05) is 7.05 Å². The van der Waals surface area contributed by atoms with Crippen LogP contribution in [-0.4, -0.2) is 26.4 Å². The summed E-state index contributed by atoms with van der Waals surface area (Å²) >= 11 is 0. The molecule has 0 amide bonds. The van der Waals surface area contributed by atoms with E-state index in [9.17, 15) is 0 Å². The first kappa shape index (κ1) is 12.9. The monoisotopic (exact) mass is 261 g/mol. The molecule has 3 nitrogen and oxygen atoms in total. The molecule has 1 fully saturated rings. The van der Waals surface area contributed by atoms with E-state index in [2.05, 4.69) is 23.5 Å². The van der Waals surface area contributed by atoms with Crippen molar-refractivity contribution in [3.8, 4) is 5.75 Å². The van der Waals surface area contributed by atoms with Crippen LogP contribution in [0.25, 0.3) is 0 Å².